The second-order valence-corrected chi connectivity index (χ2v) is 7.55. The third kappa shape index (κ3) is 2.95. The highest BCUT2D eigenvalue weighted by Gasteiger charge is 2.39. The summed E-state index contributed by atoms with van der Waals surface area (Å²) in [5.41, 5.74) is 0.743. The van der Waals surface area contributed by atoms with E-state index in [1.54, 1.807) is 12.1 Å². The molecule has 6 nitrogen and oxygen atoms in total. The lowest BCUT2D eigenvalue weighted by Crippen LogP contribution is -2.44. The predicted molar refractivity (Wildman–Crippen MR) is 85.8 cm³/mol. The smallest absolute Gasteiger partial charge is 0.258 e. The summed E-state index contributed by atoms with van der Waals surface area (Å²) in [7, 11) is -3.67. The Morgan fingerprint density at radius 1 is 1.09 bits per heavy atom. The van der Waals surface area contributed by atoms with Crippen molar-refractivity contribution in [3.63, 3.8) is 0 Å². The van der Waals surface area contributed by atoms with Crippen molar-refractivity contribution in [2.75, 3.05) is 6.54 Å². The van der Waals surface area contributed by atoms with Gasteiger partial charge in [0.1, 0.15) is 0 Å². The van der Waals surface area contributed by atoms with E-state index in [2.05, 4.69) is 0 Å². The highest BCUT2D eigenvalue weighted by atomic mass is 35.5. The lowest BCUT2D eigenvalue weighted by Gasteiger charge is -2.40. The van der Waals surface area contributed by atoms with E-state index in [0.29, 0.717) is 11.6 Å². The summed E-state index contributed by atoms with van der Waals surface area (Å²) >= 11 is 5.85. The number of nitrogens with zero attached hydrogens (tertiary/aromatic N) is 2. The topological polar surface area (TPSA) is 80.5 Å². The summed E-state index contributed by atoms with van der Waals surface area (Å²) in [6.45, 7) is 0.423. The van der Waals surface area contributed by atoms with Crippen LogP contribution in [0.1, 0.15) is 18.0 Å². The van der Waals surface area contributed by atoms with Crippen molar-refractivity contribution in [2.45, 2.75) is 17.4 Å². The first kappa shape index (κ1) is 15.9. The first-order valence-electron chi connectivity index (χ1n) is 6.91. The Bertz CT molecular complexity index is 835. The summed E-state index contributed by atoms with van der Waals surface area (Å²) in [6, 6.07) is 11.8. The number of rotatable bonds is 4. The van der Waals surface area contributed by atoms with Gasteiger partial charge in [-0.1, -0.05) is 23.7 Å². The van der Waals surface area contributed by atoms with Gasteiger partial charge in [0.2, 0.25) is 10.0 Å². The standard InChI is InChI=1S/C15H13ClN2O4S/c16-12-3-1-11(2-4-12)15-9-10-17(15)23(21,22)14-7-5-13(6-8-14)18(19)20/h1-8,15H,9-10H2. The molecular weight excluding hydrogens is 340 g/mol. The van der Waals surface area contributed by atoms with E-state index in [1.165, 1.54) is 28.6 Å². The van der Waals surface area contributed by atoms with E-state index in [1.807, 2.05) is 12.1 Å². The van der Waals surface area contributed by atoms with Crippen LogP contribution in [0.5, 0.6) is 0 Å². The van der Waals surface area contributed by atoms with E-state index in [4.69, 9.17) is 11.6 Å². The summed E-state index contributed by atoms with van der Waals surface area (Å²) in [5, 5.41) is 11.3. The zero-order valence-electron chi connectivity index (χ0n) is 11.9. The molecule has 0 saturated carbocycles. The van der Waals surface area contributed by atoms with Gasteiger partial charge >= 0.3 is 0 Å². The van der Waals surface area contributed by atoms with E-state index < -0.39 is 14.9 Å². The third-order valence-corrected chi connectivity index (χ3v) is 6.05. The van der Waals surface area contributed by atoms with Crippen molar-refractivity contribution in [1.82, 2.24) is 4.31 Å². The lowest BCUT2D eigenvalue weighted by molar-refractivity contribution is -0.384. The number of non-ortho nitro benzene ring substituents is 1. The van der Waals surface area contributed by atoms with E-state index in [9.17, 15) is 18.5 Å². The Labute approximate surface area is 138 Å². The Balaban J connectivity index is 1.87. The predicted octanol–water partition coefficient (Wildman–Crippen LogP) is 3.38. The second-order valence-electron chi connectivity index (χ2n) is 5.22. The number of hydrogen-bond donors (Lipinski definition) is 0. The molecule has 2 aromatic rings. The van der Waals surface area contributed by atoms with Gasteiger partial charge in [0.05, 0.1) is 15.9 Å². The van der Waals surface area contributed by atoms with Crippen molar-refractivity contribution in [3.8, 4) is 0 Å². The van der Waals surface area contributed by atoms with Gasteiger partial charge in [-0.3, -0.25) is 10.1 Å². The second kappa shape index (κ2) is 5.92. The number of benzene rings is 2. The lowest BCUT2D eigenvalue weighted by atomic mass is 9.98. The monoisotopic (exact) mass is 352 g/mol. The molecule has 120 valence electrons. The summed E-state index contributed by atoms with van der Waals surface area (Å²) < 4.78 is 26.8. The first-order chi connectivity index (χ1) is 10.9. The molecule has 0 radical (unpaired) electrons. The molecule has 8 heteroatoms. The zero-order chi connectivity index (χ0) is 16.6. The average molecular weight is 353 g/mol. The average Bonchev–Trinajstić information content (AvgIpc) is 2.48. The maximum absolute atomic E-state index is 12.7. The highest BCUT2D eigenvalue weighted by Crippen LogP contribution is 2.38. The van der Waals surface area contributed by atoms with Crippen LogP contribution in [0.4, 0.5) is 5.69 Å². The minimum absolute atomic E-state index is 0.0572. The van der Waals surface area contributed by atoms with Crippen molar-refractivity contribution in [2.24, 2.45) is 0 Å². The molecule has 0 amide bonds. The Kier molecular flexibility index (Phi) is 4.09. The fourth-order valence-corrected chi connectivity index (χ4v) is 4.33. The number of hydrogen-bond acceptors (Lipinski definition) is 4. The molecule has 1 heterocycles. The molecule has 0 aliphatic carbocycles. The van der Waals surface area contributed by atoms with Crippen LogP contribution >= 0.6 is 11.6 Å². The number of nitro benzene ring substituents is 1. The molecule has 1 saturated heterocycles. The highest BCUT2D eigenvalue weighted by molar-refractivity contribution is 7.89. The molecule has 0 N–H and O–H groups in total. The van der Waals surface area contributed by atoms with Crippen LogP contribution in [-0.4, -0.2) is 24.2 Å². The van der Waals surface area contributed by atoms with Crippen LogP contribution < -0.4 is 0 Å². The van der Waals surface area contributed by atoms with E-state index in [-0.39, 0.29) is 16.6 Å². The Morgan fingerprint density at radius 3 is 2.17 bits per heavy atom. The molecule has 0 aromatic heterocycles. The molecule has 3 rings (SSSR count). The molecule has 23 heavy (non-hydrogen) atoms. The molecule has 1 aliphatic heterocycles. The molecule has 1 fully saturated rings. The van der Waals surface area contributed by atoms with Crippen LogP contribution in [-0.2, 0) is 10.0 Å². The Hall–Kier alpha value is -1.96. The van der Waals surface area contributed by atoms with Crippen LogP contribution in [0.25, 0.3) is 0 Å². The molecule has 0 bridgehead atoms. The van der Waals surface area contributed by atoms with Gasteiger partial charge in [0.15, 0.2) is 0 Å². The van der Waals surface area contributed by atoms with Crippen molar-refractivity contribution >= 4 is 27.3 Å². The van der Waals surface area contributed by atoms with Gasteiger partial charge in [-0.2, -0.15) is 4.31 Å². The van der Waals surface area contributed by atoms with Gasteiger partial charge in [0.25, 0.3) is 5.69 Å². The molecule has 1 aliphatic rings. The third-order valence-electron chi connectivity index (χ3n) is 3.88. The largest absolute Gasteiger partial charge is 0.269 e. The molecular formula is C15H13ClN2O4S. The summed E-state index contributed by atoms with van der Waals surface area (Å²) in [5.74, 6) is 0. The van der Waals surface area contributed by atoms with Gasteiger partial charge in [0, 0.05) is 23.7 Å². The summed E-state index contributed by atoms with van der Waals surface area (Å²) in [6.07, 6.45) is 0.730. The Morgan fingerprint density at radius 2 is 1.70 bits per heavy atom. The minimum atomic E-state index is -3.67. The van der Waals surface area contributed by atoms with Gasteiger partial charge in [-0.05, 0) is 36.2 Å². The molecule has 1 unspecified atom stereocenters. The fourth-order valence-electron chi connectivity index (χ4n) is 2.54. The van der Waals surface area contributed by atoms with Gasteiger partial charge < -0.3 is 0 Å². The SMILES string of the molecule is O=[N+]([O-])c1ccc(S(=O)(=O)N2CCC2c2ccc(Cl)cc2)cc1. The minimum Gasteiger partial charge on any atom is -0.258 e. The van der Waals surface area contributed by atoms with Crippen LogP contribution in [0.15, 0.2) is 53.4 Å². The van der Waals surface area contributed by atoms with Gasteiger partial charge in [-0.25, -0.2) is 8.42 Å². The first-order valence-corrected chi connectivity index (χ1v) is 8.73. The van der Waals surface area contributed by atoms with Crippen LogP contribution in [0.3, 0.4) is 0 Å². The quantitative estimate of drug-likeness (QED) is 0.624. The number of sulfonamides is 1. The van der Waals surface area contributed by atoms with E-state index in [0.717, 1.165) is 12.0 Å². The van der Waals surface area contributed by atoms with E-state index >= 15 is 0 Å². The molecule has 2 aromatic carbocycles. The van der Waals surface area contributed by atoms with Crippen molar-refractivity contribution < 1.29 is 13.3 Å². The maximum Gasteiger partial charge on any atom is 0.269 e. The molecule has 1 atom stereocenters. The summed E-state index contributed by atoms with van der Waals surface area (Å²) in [4.78, 5) is 10.2. The fraction of sp³-hybridized carbons (Fsp3) is 0.200. The molecule has 0 spiro atoms. The van der Waals surface area contributed by atoms with Crippen molar-refractivity contribution in [1.29, 1.82) is 0 Å². The van der Waals surface area contributed by atoms with Crippen molar-refractivity contribution in [3.05, 3.63) is 69.2 Å². The normalized spacial score (nSPS) is 18.4. The number of halogens is 1. The van der Waals surface area contributed by atoms with Crippen LogP contribution in [0.2, 0.25) is 5.02 Å². The van der Waals surface area contributed by atoms with Gasteiger partial charge in [-0.15, -0.1) is 0 Å². The van der Waals surface area contributed by atoms with Crippen LogP contribution in [0, 0.1) is 10.1 Å². The zero-order valence-corrected chi connectivity index (χ0v) is 13.5. The number of nitro groups is 1. The maximum atomic E-state index is 12.7.